The van der Waals surface area contributed by atoms with Crippen molar-refractivity contribution < 1.29 is 4.79 Å². The number of nitrogens with two attached hydrogens (primary N) is 1. The van der Waals surface area contributed by atoms with Gasteiger partial charge < -0.3 is 10.6 Å². The van der Waals surface area contributed by atoms with Gasteiger partial charge in [-0.3, -0.25) is 9.69 Å². The summed E-state index contributed by atoms with van der Waals surface area (Å²) >= 11 is 0. The lowest BCUT2D eigenvalue weighted by Gasteiger charge is -2.45. The maximum absolute atomic E-state index is 12.3. The summed E-state index contributed by atoms with van der Waals surface area (Å²) in [5.74, 6) is 0.231. The Kier molecular flexibility index (Phi) is 4.33. The molecular weight excluding hydrogens is 250 g/mol. The van der Waals surface area contributed by atoms with Gasteiger partial charge in [0.25, 0.3) is 0 Å². The normalized spacial score (nSPS) is 19.1. The Labute approximate surface area is 121 Å². The fourth-order valence-electron chi connectivity index (χ4n) is 2.61. The number of rotatable bonds is 3. The number of benzene rings is 1. The predicted octanol–water partition coefficient (Wildman–Crippen LogP) is 1.75. The Balaban J connectivity index is 1.91. The third-order valence-corrected chi connectivity index (χ3v) is 4.33. The van der Waals surface area contributed by atoms with Gasteiger partial charge in [0.15, 0.2) is 0 Å². The number of nitrogens with zero attached hydrogens (tertiary/aromatic N) is 2. The van der Waals surface area contributed by atoms with Crippen molar-refractivity contribution in [1.29, 1.82) is 0 Å². The summed E-state index contributed by atoms with van der Waals surface area (Å²) in [6, 6.07) is 7.77. The predicted molar refractivity (Wildman–Crippen MR) is 82.5 cm³/mol. The van der Waals surface area contributed by atoms with Gasteiger partial charge in [-0.2, -0.15) is 0 Å². The van der Waals surface area contributed by atoms with Crippen molar-refractivity contribution in [3.05, 3.63) is 29.8 Å². The molecule has 110 valence electrons. The van der Waals surface area contributed by atoms with Crippen molar-refractivity contribution in [2.45, 2.75) is 32.2 Å². The number of amides is 1. The monoisotopic (exact) mass is 275 g/mol. The minimum atomic E-state index is 0.0552. The minimum absolute atomic E-state index is 0.0552. The summed E-state index contributed by atoms with van der Waals surface area (Å²) < 4.78 is 0. The average molecular weight is 275 g/mol. The maximum Gasteiger partial charge on any atom is 0.223 e. The molecule has 1 aliphatic heterocycles. The second kappa shape index (κ2) is 5.83. The van der Waals surface area contributed by atoms with Crippen LogP contribution in [-0.2, 0) is 11.2 Å². The Hall–Kier alpha value is -1.55. The molecule has 4 heteroatoms. The van der Waals surface area contributed by atoms with Gasteiger partial charge in [-0.1, -0.05) is 18.2 Å². The molecule has 2 N–H and O–H groups in total. The highest BCUT2D eigenvalue weighted by atomic mass is 16.2. The molecule has 0 aliphatic carbocycles. The van der Waals surface area contributed by atoms with E-state index in [2.05, 4.69) is 25.8 Å². The van der Waals surface area contributed by atoms with Gasteiger partial charge in [-0.25, -0.2) is 0 Å². The largest absolute Gasteiger partial charge is 0.399 e. The van der Waals surface area contributed by atoms with Crippen LogP contribution in [0.15, 0.2) is 24.3 Å². The third kappa shape index (κ3) is 3.31. The topological polar surface area (TPSA) is 49.6 Å². The van der Waals surface area contributed by atoms with Crippen LogP contribution in [0.25, 0.3) is 0 Å². The van der Waals surface area contributed by atoms with Crippen molar-refractivity contribution in [2.75, 3.05) is 32.4 Å². The number of carbonyl (C=O) groups excluding carboxylic acids is 1. The number of hydrogen-bond acceptors (Lipinski definition) is 3. The van der Waals surface area contributed by atoms with Crippen molar-refractivity contribution in [2.24, 2.45) is 0 Å². The second-order valence-corrected chi connectivity index (χ2v) is 6.25. The highest BCUT2D eigenvalue weighted by molar-refractivity contribution is 5.77. The van der Waals surface area contributed by atoms with Gasteiger partial charge in [0.2, 0.25) is 5.91 Å². The zero-order valence-electron chi connectivity index (χ0n) is 12.7. The molecule has 0 saturated carbocycles. The molecule has 0 bridgehead atoms. The van der Waals surface area contributed by atoms with E-state index >= 15 is 0 Å². The van der Waals surface area contributed by atoms with Crippen LogP contribution >= 0.6 is 0 Å². The fourth-order valence-corrected chi connectivity index (χ4v) is 2.61. The Morgan fingerprint density at radius 1 is 1.30 bits per heavy atom. The first-order chi connectivity index (χ1) is 9.40. The van der Waals surface area contributed by atoms with Crippen molar-refractivity contribution in [3.63, 3.8) is 0 Å². The van der Waals surface area contributed by atoms with Crippen LogP contribution in [0.5, 0.6) is 0 Å². The van der Waals surface area contributed by atoms with Crippen LogP contribution < -0.4 is 5.73 Å². The third-order valence-electron chi connectivity index (χ3n) is 4.33. The highest BCUT2D eigenvalue weighted by Gasteiger charge is 2.32. The smallest absolute Gasteiger partial charge is 0.223 e. The van der Waals surface area contributed by atoms with Gasteiger partial charge >= 0.3 is 0 Å². The summed E-state index contributed by atoms with van der Waals surface area (Å²) in [5.41, 5.74) is 7.81. The average Bonchev–Trinajstić information content (AvgIpc) is 2.40. The molecule has 1 fully saturated rings. The lowest BCUT2D eigenvalue weighted by atomic mass is 9.99. The van der Waals surface area contributed by atoms with Crippen molar-refractivity contribution >= 4 is 11.6 Å². The molecule has 0 aromatic heterocycles. The van der Waals surface area contributed by atoms with Gasteiger partial charge in [0, 0.05) is 37.3 Å². The Morgan fingerprint density at radius 2 is 2.00 bits per heavy atom. The molecule has 0 radical (unpaired) electrons. The van der Waals surface area contributed by atoms with Gasteiger partial charge in [-0.05, 0) is 38.9 Å². The Morgan fingerprint density at radius 3 is 2.65 bits per heavy atom. The van der Waals surface area contributed by atoms with Crippen molar-refractivity contribution in [3.8, 4) is 0 Å². The van der Waals surface area contributed by atoms with Crippen LogP contribution in [0.1, 0.15) is 25.8 Å². The number of carbonyl (C=O) groups is 1. The lowest BCUT2D eigenvalue weighted by Crippen LogP contribution is -2.58. The maximum atomic E-state index is 12.3. The molecule has 20 heavy (non-hydrogen) atoms. The number of likely N-dealkylation sites (N-methyl/N-ethyl adjacent to an activating group) is 1. The molecule has 0 unspecified atom stereocenters. The molecule has 0 atom stereocenters. The van der Waals surface area contributed by atoms with E-state index in [0.717, 1.165) is 37.3 Å². The van der Waals surface area contributed by atoms with Crippen LogP contribution in [0.4, 0.5) is 5.69 Å². The molecule has 2 rings (SSSR count). The van der Waals surface area contributed by atoms with Crippen LogP contribution in [0, 0.1) is 0 Å². The number of nitrogen functional groups attached to an aromatic ring is 1. The SMILES string of the molecule is CN1CCN(C(=O)CCc2ccccc2N)CC1(C)C. The van der Waals surface area contributed by atoms with E-state index in [4.69, 9.17) is 5.73 Å². The lowest BCUT2D eigenvalue weighted by molar-refractivity contribution is -0.135. The number of hydrogen-bond donors (Lipinski definition) is 1. The zero-order valence-corrected chi connectivity index (χ0v) is 12.7. The van der Waals surface area contributed by atoms with E-state index in [9.17, 15) is 4.79 Å². The number of aryl methyl sites for hydroxylation is 1. The van der Waals surface area contributed by atoms with E-state index in [-0.39, 0.29) is 11.4 Å². The van der Waals surface area contributed by atoms with E-state index in [1.165, 1.54) is 0 Å². The molecule has 4 nitrogen and oxygen atoms in total. The first-order valence-corrected chi connectivity index (χ1v) is 7.22. The highest BCUT2D eigenvalue weighted by Crippen LogP contribution is 2.20. The van der Waals surface area contributed by atoms with Crippen LogP contribution in [0.3, 0.4) is 0 Å². The minimum Gasteiger partial charge on any atom is -0.399 e. The second-order valence-electron chi connectivity index (χ2n) is 6.25. The van der Waals surface area contributed by atoms with E-state index in [1.807, 2.05) is 29.2 Å². The summed E-state index contributed by atoms with van der Waals surface area (Å²) in [4.78, 5) is 16.6. The molecule has 1 saturated heterocycles. The first-order valence-electron chi connectivity index (χ1n) is 7.22. The zero-order chi connectivity index (χ0) is 14.8. The van der Waals surface area contributed by atoms with E-state index in [1.54, 1.807) is 0 Å². The van der Waals surface area contributed by atoms with Crippen molar-refractivity contribution in [1.82, 2.24) is 9.80 Å². The Bertz CT molecular complexity index is 484. The number of para-hydroxylation sites is 1. The molecule has 0 spiro atoms. The van der Waals surface area contributed by atoms with E-state index in [0.29, 0.717) is 6.42 Å². The number of piperazine rings is 1. The van der Waals surface area contributed by atoms with Gasteiger partial charge in [0.05, 0.1) is 0 Å². The molecule has 1 amide bonds. The van der Waals surface area contributed by atoms with Gasteiger partial charge in [0.1, 0.15) is 0 Å². The van der Waals surface area contributed by atoms with Gasteiger partial charge in [-0.15, -0.1) is 0 Å². The van der Waals surface area contributed by atoms with Crippen LogP contribution in [0.2, 0.25) is 0 Å². The summed E-state index contributed by atoms with van der Waals surface area (Å²) in [5, 5.41) is 0. The van der Waals surface area contributed by atoms with Crippen LogP contribution in [-0.4, -0.2) is 47.9 Å². The fraction of sp³-hybridized carbons (Fsp3) is 0.562. The molecule has 1 aromatic rings. The summed E-state index contributed by atoms with van der Waals surface area (Å²) in [7, 11) is 2.12. The first kappa shape index (κ1) is 14.9. The molecule has 1 aliphatic rings. The van der Waals surface area contributed by atoms with E-state index < -0.39 is 0 Å². The summed E-state index contributed by atoms with van der Waals surface area (Å²) in [6.45, 7) is 6.92. The molecule has 1 aromatic carbocycles. The molecule has 1 heterocycles. The number of anilines is 1. The quantitative estimate of drug-likeness (QED) is 0.855. The molecular formula is C16H25N3O. The summed E-state index contributed by atoms with van der Waals surface area (Å²) in [6.07, 6.45) is 1.26. The standard InChI is InChI=1S/C16H25N3O/c1-16(2)12-19(11-10-18(16)3)15(20)9-8-13-6-4-5-7-14(13)17/h4-7H,8-12,17H2,1-3H3.